The fraction of sp³-hybridized carbons (Fsp3) is 0.613. The van der Waals surface area contributed by atoms with Crippen LogP contribution in [0.5, 0.6) is 0 Å². The number of nitrogens with two attached hydrogens (primary N) is 1. The molecule has 0 radical (unpaired) electrons. The molecule has 6 rings (SSSR count). The molecular weight excluding hydrogens is 600 g/mol. The van der Waals surface area contributed by atoms with E-state index in [1.807, 2.05) is 41.6 Å². The Morgan fingerprint density at radius 3 is 2.52 bits per heavy atom. The van der Waals surface area contributed by atoms with Crippen LogP contribution < -0.4 is 15.5 Å². The Morgan fingerprint density at radius 1 is 1.05 bits per heavy atom. The third-order valence-corrected chi connectivity index (χ3v) is 12.4. The van der Waals surface area contributed by atoms with Gasteiger partial charge in [0.15, 0.2) is 5.65 Å². The first kappa shape index (κ1) is 31.5. The number of aliphatic hydroxyl groups excluding tert-OH is 1. The van der Waals surface area contributed by atoms with Gasteiger partial charge in [0.05, 0.1) is 23.0 Å². The van der Waals surface area contributed by atoms with Gasteiger partial charge in [0.25, 0.3) is 0 Å². The Hall–Kier alpha value is -2.48. The summed E-state index contributed by atoms with van der Waals surface area (Å²) in [6.07, 6.45) is 3.71. The van der Waals surface area contributed by atoms with Crippen LogP contribution in [0.2, 0.25) is 5.02 Å². The van der Waals surface area contributed by atoms with Gasteiger partial charge >= 0.3 is 0 Å². The lowest BCUT2D eigenvalue weighted by Crippen LogP contribution is -2.60. The van der Waals surface area contributed by atoms with E-state index < -0.39 is 21.8 Å². The summed E-state index contributed by atoms with van der Waals surface area (Å²) in [6.45, 7) is 5.53. The first-order valence-corrected chi connectivity index (χ1v) is 17.7. The Labute approximate surface area is 265 Å². The van der Waals surface area contributed by atoms with Crippen molar-refractivity contribution in [2.75, 3.05) is 62.4 Å². The van der Waals surface area contributed by atoms with E-state index in [1.54, 1.807) is 19.2 Å². The average Bonchev–Trinajstić information content (AvgIpc) is 3.69. The van der Waals surface area contributed by atoms with Crippen molar-refractivity contribution in [1.82, 2.24) is 23.8 Å². The zero-order valence-corrected chi connectivity index (χ0v) is 27.5. The van der Waals surface area contributed by atoms with Gasteiger partial charge in [-0.05, 0) is 69.2 Å². The number of likely N-dealkylation sites (N-methyl/N-ethyl adjacent to an activating group) is 1. The molecule has 0 amide bonds. The number of halogens is 1. The van der Waals surface area contributed by atoms with Crippen molar-refractivity contribution in [3.63, 3.8) is 0 Å². The molecular formula is C31H45ClN8O3S. The summed E-state index contributed by atoms with van der Waals surface area (Å²) in [5, 5.41) is 18.0. The number of piperidine rings is 1. The number of benzene rings is 1. The minimum atomic E-state index is -3.74. The maximum absolute atomic E-state index is 13.9. The topological polar surface area (TPSA) is 124 Å². The van der Waals surface area contributed by atoms with E-state index in [0.29, 0.717) is 49.0 Å². The summed E-state index contributed by atoms with van der Waals surface area (Å²) in [4.78, 5) is 11.6. The Kier molecular flexibility index (Phi) is 8.86. The summed E-state index contributed by atoms with van der Waals surface area (Å²) in [5.41, 5.74) is 6.99. The molecule has 240 valence electrons. The van der Waals surface area contributed by atoms with Crippen LogP contribution in [0.1, 0.15) is 62.7 Å². The standard InChI is InChI=1S/C31H45ClN8O3S/c1-31(23-9-11-24(32)12-10-23)30(41)39-15-5-4-8-26(39)25-18-28-34-27(38-16-13-22(20-33)21-38)19-29(40(28)35-25)36(2)14-6-7-17-44(42,43)37(31)3/h9-12,18-19,22,26,30,41H,4-8,13-17,20-21,33H2,1-3H3/t22?,26-,30?,31?/m0/s1. The van der Waals surface area contributed by atoms with E-state index in [0.717, 1.165) is 61.7 Å². The molecule has 1 aromatic carbocycles. The number of anilines is 2. The predicted octanol–water partition coefficient (Wildman–Crippen LogP) is 3.42. The van der Waals surface area contributed by atoms with E-state index in [1.165, 1.54) is 4.31 Å². The molecule has 3 aromatic rings. The van der Waals surface area contributed by atoms with Crippen molar-refractivity contribution < 1.29 is 13.5 Å². The second kappa shape index (κ2) is 12.4. The first-order chi connectivity index (χ1) is 21.0. The Bertz CT molecular complexity index is 1580. The number of hydrogen-bond acceptors (Lipinski definition) is 9. The number of aromatic nitrogens is 3. The molecule has 5 heterocycles. The fourth-order valence-corrected chi connectivity index (χ4v) is 8.88. The van der Waals surface area contributed by atoms with Crippen molar-refractivity contribution in [2.24, 2.45) is 11.7 Å². The lowest BCUT2D eigenvalue weighted by molar-refractivity contribution is -0.115. The molecule has 4 atom stereocenters. The SMILES string of the molecule is CN1CCCCS(=O)(=O)N(C)C(C)(c2ccc(Cl)cc2)C(O)N2CCCC[C@H]2c2cc3nc(N4CCC(CN)C4)cc1n3n2. The largest absolute Gasteiger partial charge is 0.376 e. The number of aliphatic hydroxyl groups is 1. The van der Waals surface area contributed by atoms with Crippen molar-refractivity contribution in [1.29, 1.82) is 0 Å². The molecule has 0 saturated carbocycles. The minimum Gasteiger partial charge on any atom is -0.376 e. The molecule has 2 bridgehead atoms. The maximum Gasteiger partial charge on any atom is 0.214 e. The Balaban J connectivity index is 1.48. The smallest absolute Gasteiger partial charge is 0.214 e. The number of nitrogens with zero attached hydrogens (tertiary/aromatic N) is 7. The molecule has 13 heteroatoms. The van der Waals surface area contributed by atoms with E-state index in [9.17, 15) is 13.5 Å². The first-order valence-electron chi connectivity index (χ1n) is 15.8. The molecule has 2 aromatic heterocycles. The molecule has 3 aliphatic heterocycles. The van der Waals surface area contributed by atoms with Gasteiger partial charge in [-0.1, -0.05) is 30.2 Å². The third-order valence-electron chi connectivity index (χ3n) is 10.1. The second-order valence-corrected chi connectivity index (χ2v) is 15.4. The Morgan fingerprint density at radius 2 is 1.80 bits per heavy atom. The van der Waals surface area contributed by atoms with E-state index in [2.05, 4.69) is 15.9 Å². The number of rotatable bonds is 3. The van der Waals surface area contributed by atoms with E-state index in [4.69, 9.17) is 27.4 Å². The quantitative estimate of drug-likeness (QED) is 0.441. The van der Waals surface area contributed by atoms with Crippen LogP contribution in [-0.2, 0) is 15.6 Å². The summed E-state index contributed by atoms with van der Waals surface area (Å²) in [6, 6.07) is 11.0. The average molecular weight is 645 g/mol. The highest BCUT2D eigenvalue weighted by Crippen LogP contribution is 2.42. The van der Waals surface area contributed by atoms with Gasteiger partial charge in [-0.3, -0.25) is 4.90 Å². The van der Waals surface area contributed by atoms with Gasteiger partial charge in [0.1, 0.15) is 17.9 Å². The van der Waals surface area contributed by atoms with Crippen LogP contribution in [0.15, 0.2) is 36.4 Å². The van der Waals surface area contributed by atoms with Crippen LogP contribution in [-0.4, -0.2) is 96.1 Å². The second-order valence-electron chi connectivity index (χ2n) is 12.8. The summed E-state index contributed by atoms with van der Waals surface area (Å²) >= 11 is 6.24. The summed E-state index contributed by atoms with van der Waals surface area (Å²) in [7, 11) is -0.119. The highest BCUT2D eigenvalue weighted by molar-refractivity contribution is 7.89. The molecule has 2 fully saturated rings. The third kappa shape index (κ3) is 5.69. The molecule has 44 heavy (non-hydrogen) atoms. The highest BCUT2D eigenvalue weighted by Gasteiger charge is 2.49. The monoisotopic (exact) mass is 644 g/mol. The van der Waals surface area contributed by atoms with Gasteiger partial charge in [-0.15, -0.1) is 0 Å². The van der Waals surface area contributed by atoms with Crippen molar-refractivity contribution in [3.8, 4) is 0 Å². The zero-order valence-electron chi connectivity index (χ0n) is 25.9. The lowest BCUT2D eigenvalue weighted by Gasteiger charge is -2.49. The van der Waals surface area contributed by atoms with Gasteiger partial charge in [-0.25, -0.2) is 13.4 Å². The van der Waals surface area contributed by atoms with E-state index >= 15 is 0 Å². The molecule has 3 N–H and O–H groups in total. The normalized spacial score (nSPS) is 29.1. The molecule has 0 aliphatic carbocycles. The molecule has 3 unspecified atom stereocenters. The lowest BCUT2D eigenvalue weighted by atomic mass is 9.87. The number of fused-ring (bicyclic) bond motifs is 3. The predicted molar refractivity (Wildman–Crippen MR) is 175 cm³/mol. The highest BCUT2D eigenvalue weighted by atomic mass is 35.5. The van der Waals surface area contributed by atoms with Crippen molar-refractivity contribution in [3.05, 3.63) is 52.7 Å². The van der Waals surface area contributed by atoms with Crippen molar-refractivity contribution >= 4 is 38.9 Å². The molecule has 11 nitrogen and oxygen atoms in total. The molecule has 3 aliphatic rings. The zero-order chi connectivity index (χ0) is 31.2. The van der Waals surface area contributed by atoms with Crippen LogP contribution in [0, 0.1) is 5.92 Å². The van der Waals surface area contributed by atoms with Gasteiger partial charge in [0.2, 0.25) is 10.0 Å². The number of hydrogen-bond donors (Lipinski definition) is 2. The van der Waals surface area contributed by atoms with Crippen molar-refractivity contribution in [2.45, 2.75) is 63.3 Å². The van der Waals surface area contributed by atoms with Crippen LogP contribution >= 0.6 is 11.6 Å². The van der Waals surface area contributed by atoms with E-state index in [-0.39, 0.29) is 11.8 Å². The van der Waals surface area contributed by atoms with Crippen LogP contribution in [0.3, 0.4) is 0 Å². The minimum absolute atomic E-state index is 0.0205. The molecule has 2 saturated heterocycles. The van der Waals surface area contributed by atoms with Gasteiger partial charge in [-0.2, -0.15) is 13.9 Å². The fourth-order valence-electron chi connectivity index (χ4n) is 7.14. The van der Waals surface area contributed by atoms with Crippen LogP contribution in [0.4, 0.5) is 11.6 Å². The molecule has 0 spiro atoms. The number of sulfonamides is 1. The summed E-state index contributed by atoms with van der Waals surface area (Å²) < 4.78 is 31.1. The van der Waals surface area contributed by atoms with Gasteiger partial charge in [0, 0.05) is 57.4 Å². The van der Waals surface area contributed by atoms with Crippen LogP contribution in [0.25, 0.3) is 5.65 Å². The maximum atomic E-state index is 13.9. The summed E-state index contributed by atoms with van der Waals surface area (Å²) in [5.74, 6) is 2.25. The van der Waals surface area contributed by atoms with Gasteiger partial charge < -0.3 is 20.6 Å².